The van der Waals surface area contributed by atoms with Crippen LogP contribution in [0.2, 0.25) is 0 Å². The van der Waals surface area contributed by atoms with Gasteiger partial charge in [0.05, 0.1) is 96.7 Å². The molecule has 0 radical (unpaired) electrons. The minimum absolute atomic E-state index is 0.0474. The predicted molar refractivity (Wildman–Crippen MR) is 274 cm³/mol. The summed E-state index contributed by atoms with van der Waals surface area (Å²) in [6.45, 7) is 10.2. The zero-order valence-electron chi connectivity index (χ0n) is 41.8. The molecular formula is C52H56Cl2N6O14. The monoisotopic (exact) mass is 1060 g/mol. The van der Waals surface area contributed by atoms with Crippen LogP contribution in [0, 0.1) is 0 Å². The molecule has 0 spiro atoms. The van der Waals surface area contributed by atoms with E-state index >= 15 is 0 Å². The first-order chi connectivity index (χ1) is 34.9. The van der Waals surface area contributed by atoms with Crippen LogP contribution in [0.15, 0.2) is 72.8 Å². The molecule has 0 fully saturated rings. The highest BCUT2D eigenvalue weighted by Crippen LogP contribution is 2.37. The molecule has 2 aliphatic carbocycles. The van der Waals surface area contributed by atoms with Gasteiger partial charge in [0.2, 0.25) is 23.6 Å². The van der Waals surface area contributed by atoms with E-state index in [9.17, 15) is 47.9 Å². The van der Waals surface area contributed by atoms with Crippen molar-refractivity contribution in [2.45, 2.75) is 64.8 Å². The average Bonchev–Trinajstić information content (AvgIpc) is 3.36. The number of anilines is 4. The van der Waals surface area contributed by atoms with Crippen LogP contribution in [-0.2, 0) is 47.7 Å². The first-order valence-electron chi connectivity index (χ1n) is 22.9. The van der Waals surface area contributed by atoms with Crippen LogP contribution in [0.5, 0.6) is 0 Å². The van der Waals surface area contributed by atoms with Gasteiger partial charge in [-0.05, 0) is 65.8 Å². The number of esters is 2. The Morgan fingerprint density at radius 3 is 0.959 bits per heavy atom. The third-order valence-electron chi connectivity index (χ3n) is 10.8. The molecule has 392 valence electrons. The average molecular weight is 1060 g/mol. The Kier molecular flexibility index (Phi) is 19.6. The Hall–Kier alpha value is -7.20. The summed E-state index contributed by atoms with van der Waals surface area (Å²) in [4.78, 5) is 127. The van der Waals surface area contributed by atoms with Crippen LogP contribution < -0.4 is 31.9 Å². The van der Waals surface area contributed by atoms with E-state index in [0.29, 0.717) is 0 Å². The summed E-state index contributed by atoms with van der Waals surface area (Å²) in [6.07, 6.45) is 0. The van der Waals surface area contributed by atoms with E-state index in [4.69, 9.17) is 42.1 Å². The maximum absolute atomic E-state index is 14.0. The summed E-state index contributed by atoms with van der Waals surface area (Å²) < 4.78 is 21.0. The highest BCUT2D eigenvalue weighted by Gasteiger charge is 2.36. The molecule has 0 aliphatic heterocycles. The summed E-state index contributed by atoms with van der Waals surface area (Å²) in [7, 11) is 2.45. The minimum atomic E-state index is -0.936. The van der Waals surface area contributed by atoms with E-state index in [1.54, 1.807) is 12.1 Å². The molecule has 4 aromatic rings. The second-order valence-electron chi connectivity index (χ2n) is 18.4. The smallest absolute Gasteiger partial charge is 0.325 e. The first kappa shape index (κ1) is 57.7. The van der Waals surface area contributed by atoms with Crippen LogP contribution in [0.4, 0.5) is 22.7 Å². The van der Waals surface area contributed by atoms with Crippen molar-refractivity contribution in [2.75, 3.05) is 73.6 Å². The van der Waals surface area contributed by atoms with Crippen molar-refractivity contribution in [3.8, 4) is 0 Å². The lowest BCUT2D eigenvalue weighted by Gasteiger charge is -2.24. The predicted octanol–water partition coefficient (Wildman–Crippen LogP) is 5.05. The van der Waals surface area contributed by atoms with Gasteiger partial charge < -0.3 is 40.2 Å². The molecule has 22 heteroatoms. The molecule has 4 amide bonds. The summed E-state index contributed by atoms with van der Waals surface area (Å²) >= 11 is 11.0. The van der Waals surface area contributed by atoms with Gasteiger partial charge in [-0.25, -0.2) is 0 Å². The topological polar surface area (TPSA) is 280 Å². The number of halogens is 2. The molecule has 0 saturated carbocycles. The molecule has 2 aliphatic rings. The van der Waals surface area contributed by atoms with Crippen molar-refractivity contribution in [1.29, 1.82) is 0 Å². The Morgan fingerprint density at radius 1 is 0.446 bits per heavy atom. The molecule has 0 bridgehead atoms. The normalized spacial score (nSPS) is 13.3. The molecule has 6 N–H and O–H groups in total. The van der Waals surface area contributed by atoms with Crippen molar-refractivity contribution in [1.82, 2.24) is 10.6 Å². The highest BCUT2D eigenvalue weighted by molar-refractivity contribution is 6.35. The number of rotatable bonds is 18. The van der Waals surface area contributed by atoms with Gasteiger partial charge in [0.25, 0.3) is 0 Å². The van der Waals surface area contributed by atoms with E-state index in [-0.39, 0.29) is 111 Å². The number of amides is 4. The maximum atomic E-state index is 14.0. The number of hydrogen-bond donors (Lipinski definition) is 6. The lowest BCUT2D eigenvalue weighted by atomic mass is 9.82. The van der Waals surface area contributed by atoms with Gasteiger partial charge in [0, 0.05) is 22.3 Å². The van der Waals surface area contributed by atoms with Gasteiger partial charge in [-0.1, -0.05) is 48.5 Å². The fraction of sp³-hybridized carbons (Fsp3) is 0.346. The number of hydrogen-bond acceptors (Lipinski definition) is 16. The van der Waals surface area contributed by atoms with Gasteiger partial charge in [0.15, 0.2) is 23.1 Å². The summed E-state index contributed by atoms with van der Waals surface area (Å²) in [5.41, 5.74) is 0.00174. The number of methoxy groups -OCH3 is 2. The van der Waals surface area contributed by atoms with Gasteiger partial charge in [-0.15, -0.1) is 23.2 Å². The zero-order valence-corrected chi connectivity index (χ0v) is 43.3. The molecule has 0 heterocycles. The fourth-order valence-electron chi connectivity index (χ4n) is 7.46. The number of fused-ring (bicyclic) bond motifs is 4. The quantitative estimate of drug-likeness (QED) is 0.0485. The van der Waals surface area contributed by atoms with Crippen LogP contribution >= 0.6 is 23.2 Å². The number of benzene rings is 4. The number of carbonyl (C=O) groups is 10. The fourth-order valence-corrected chi connectivity index (χ4v) is 7.59. The van der Waals surface area contributed by atoms with E-state index in [0.717, 1.165) is 0 Å². The Bertz CT molecular complexity index is 2710. The molecule has 6 rings (SSSR count). The first-order valence-corrected chi connectivity index (χ1v) is 23.9. The van der Waals surface area contributed by atoms with Crippen molar-refractivity contribution < 1.29 is 66.9 Å². The van der Waals surface area contributed by atoms with Crippen LogP contribution in [0.1, 0.15) is 105 Å². The molecule has 0 unspecified atom stereocenters. The number of alkyl halides is 2. The van der Waals surface area contributed by atoms with Gasteiger partial charge >= 0.3 is 11.9 Å². The number of ketones is 4. The third kappa shape index (κ3) is 14.5. The van der Waals surface area contributed by atoms with Gasteiger partial charge in [-0.3, -0.25) is 58.6 Å². The summed E-state index contributed by atoms with van der Waals surface area (Å²) in [6, 6.07) is 16.3. The standard InChI is InChI=1S/C34H44N4O10.C18H12Cl2N2O4/c1-33(2,3)47-17-23(31(43)45-7)35-15-25(39)37-21-13-9-11-19-27(21)30(42)28-20(29(19)41)12-10-14-22(28)38-26(40)16-36-24(32(44)46-8)18-48-34(4,5)6;19-7-13(23)21-11-5-1-3-9-15(11)18(26)16-10(17(9)25)4-2-6-12(16)22-14(24)8-20/h9-14,23-24,35-36H,15-18H2,1-8H3,(H,37,39)(H,38,40);1-6H,7-8H2,(H,21,23)(H,22,24)/t23-,24+;. The second kappa shape index (κ2) is 25.2. The van der Waals surface area contributed by atoms with Crippen LogP contribution in [0.3, 0.4) is 0 Å². The van der Waals surface area contributed by atoms with E-state index in [2.05, 4.69) is 31.9 Å². The van der Waals surface area contributed by atoms with E-state index < -0.39 is 76.2 Å². The molecule has 74 heavy (non-hydrogen) atoms. The van der Waals surface area contributed by atoms with E-state index in [1.165, 1.54) is 74.9 Å². The zero-order chi connectivity index (χ0) is 54.7. The van der Waals surface area contributed by atoms with E-state index in [1.807, 2.05) is 41.5 Å². The van der Waals surface area contributed by atoms with Crippen molar-refractivity contribution in [2.24, 2.45) is 0 Å². The van der Waals surface area contributed by atoms with Crippen molar-refractivity contribution >= 4 is 105 Å². The minimum Gasteiger partial charge on any atom is -0.468 e. The SMILES string of the molecule is COC(=O)[C@H](COC(C)(C)C)NCC(=O)Nc1cccc2c1C(=O)c1c(NC(=O)CN[C@H](COC(C)(C)C)C(=O)OC)cccc1C2=O.O=C(CCl)Nc1cccc2c1C(=O)c1c(NC(=O)CCl)cccc1C2=O. The maximum Gasteiger partial charge on any atom is 0.325 e. The summed E-state index contributed by atoms with van der Waals surface area (Å²) in [5, 5.41) is 15.9. The van der Waals surface area contributed by atoms with Crippen molar-refractivity contribution in [3.63, 3.8) is 0 Å². The number of nitrogens with one attached hydrogen (secondary N) is 6. The number of carbonyl (C=O) groups excluding carboxylic acids is 10. The molecule has 20 nitrogen and oxygen atoms in total. The van der Waals surface area contributed by atoms with Gasteiger partial charge in [0.1, 0.15) is 23.8 Å². The molecular weight excluding hydrogens is 1000 g/mol. The lowest BCUT2D eigenvalue weighted by molar-refractivity contribution is -0.147. The van der Waals surface area contributed by atoms with Crippen LogP contribution in [-0.4, -0.2) is 134 Å². The molecule has 0 aromatic heterocycles. The Morgan fingerprint density at radius 2 is 0.716 bits per heavy atom. The number of ether oxygens (including phenoxy) is 4. The second-order valence-corrected chi connectivity index (χ2v) is 19.0. The molecule has 4 aromatic carbocycles. The Balaban J connectivity index is 0.000000326. The molecule has 0 saturated heterocycles. The molecule has 2 atom stereocenters. The summed E-state index contributed by atoms with van der Waals surface area (Å²) in [5.74, 6) is -5.95. The lowest BCUT2D eigenvalue weighted by Crippen LogP contribution is -2.46. The van der Waals surface area contributed by atoms with Crippen molar-refractivity contribution in [3.05, 3.63) is 117 Å². The Labute approximate surface area is 436 Å². The largest absolute Gasteiger partial charge is 0.468 e. The van der Waals surface area contributed by atoms with Gasteiger partial charge in [-0.2, -0.15) is 0 Å². The van der Waals surface area contributed by atoms with Crippen LogP contribution in [0.25, 0.3) is 0 Å². The third-order valence-corrected chi connectivity index (χ3v) is 11.3. The highest BCUT2D eigenvalue weighted by atomic mass is 35.5.